The SMILES string of the molecule is CCC(C)CN(C)CCn1cc(N)cn1. The lowest BCUT2D eigenvalue weighted by Crippen LogP contribution is -2.27. The van der Waals surface area contributed by atoms with Crippen molar-refractivity contribution in [3.8, 4) is 0 Å². The van der Waals surface area contributed by atoms with Gasteiger partial charge in [-0.15, -0.1) is 0 Å². The topological polar surface area (TPSA) is 47.1 Å². The van der Waals surface area contributed by atoms with Crippen LogP contribution in [0.15, 0.2) is 12.4 Å². The summed E-state index contributed by atoms with van der Waals surface area (Å²) >= 11 is 0. The maximum atomic E-state index is 5.59. The van der Waals surface area contributed by atoms with Crippen LogP contribution in [0.3, 0.4) is 0 Å². The average Bonchev–Trinajstić information content (AvgIpc) is 2.61. The summed E-state index contributed by atoms with van der Waals surface area (Å²) in [4.78, 5) is 2.34. The van der Waals surface area contributed by atoms with Crippen LogP contribution in [0.4, 0.5) is 5.69 Å². The standard InChI is InChI=1S/C11H22N4/c1-4-10(2)8-14(3)5-6-15-9-11(12)7-13-15/h7,9-10H,4-6,8,12H2,1-3H3. The lowest BCUT2D eigenvalue weighted by atomic mass is 10.1. The van der Waals surface area contributed by atoms with Crippen molar-refractivity contribution in [2.24, 2.45) is 5.92 Å². The van der Waals surface area contributed by atoms with Crippen molar-refractivity contribution in [2.75, 3.05) is 25.9 Å². The number of aromatic nitrogens is 2. The molecule has 0 aliphatic rings. The zero-order chi connectivity index (χ0) is 11.3. The highest BCUT2D eigenvalue weighted by atomic mass is 15.3. The molecule has 86 valence electrons. The van der Waals surface area contributed by atoms with Crippen molar-refractivity contribution < 1.29 is 0 Å². The highest BCUT2D eigenvalue weighted by Gasteiger charge is 2.04. The monoisotopic (exact) mass is 210 g/mol. The van der Waals surface area contributed by atoms with Crippen molar-refractivity contribution in [3.63, 3.8) is 0 Å². The van der Waals surface area contributed by atoms with E-state index in [1.807, 2.05) is 10.9 Å². The van der Waals surface area contributed by atoms with Crippen LogP contribution >= 0.6 is 0 Å². The van der Waals surface area contributed by atoms with Crippen LogP contribution in [-0.2, 0) is 6.54 Å². The van der Waals surface area contributed by atoms with E-state index in [0.29, 0.717) is 0 Å². The Bertz CT molecular complexity index is 282. The molecule has 1 rings (SSSR count). The van der Waals surface area contributed by atoms with E-state index in [1.54, 1.807) is 6.20 Å². The third-order valence-corrected chi connectivity index (χ3v) is 2.68. The molecule has 1 heterocycles. The number of rotatable bonds is 6. The Morgan fingerprint density at radius 1 is 1.60 bits per heavy atom. The van der Waals surface area contributed by atoms with Gasteiger partial charge in [-0.1, -0.05) is 20.3 Å². The van der Waals surface area contributed by atoms with Gasteiger partial charge in [0.2, 0.25) is 0 Å². The minimum atomic E-state index is 0.736. The van der Waals surface area contributed by atoms with Crippen LogP contribution in [-0.4, -0.2) is 34.8 Å². The molecule has 15 heavy (non-hydrogen) atoms. The van der Waals surface area contributed by atoms with Gasteiger partial charge in [0.1, 0.15) is 0 Å². The Hall–Kier alpha value is -1.03. The second kappa shape index (κ2) is 5.75. The van der Waals surface area contributed by atoms with E-state index in [0.717, 1.165) is 31.2 Å². The summed E-state index contributed by atoms with van der Waals surface area (Å²) < 4.78 is 1.89. The molecule has 0 saturated carbocycles. The first-order valence-corrected chi connectivity index (χ1v) is 5.58. The van der Waals surface area contributed by atoms with Gasteiger partial charge in [0, 0.05) is 19.3 Å². The minimum Gasteiger partial charge on any atom is -0.396 e. The molecule has 4 nitrogen and oxygen atoms in total. The van der Waals surface area contributed by atoms with Gasteiger partial charge in [-0.25, -0.2) is 0 Å². The van der Waals surface area contributed by atoms with Gasteiger partial charge in [0.05, 0.1) is 18.4 Å². The lowest BCUT2D eigenvalue weighted by molar-refractivity contribution is 0.268. The number of hydrogen-bond acceptors (Lipinski definition) is 3. The van der Waals surface area contributed by atoms with Gasteiger partial charge in [-0.05, 0) is 13.0 Å². The van der Waals surface area contributed by atoms with E-state index in [-0.39, 0.29) is 0 Å². The van der Waals surface area contributed by atoms with Crippen molar-refractivity contribution in [3.05, 3.63) is 12.4 Å². The number of hydrogen-bond donors (Lipinski definition) is 1. The van der Waals surface area contributed by atoms with Gasteiger partial charge >= 0.3 is 0 Å². The number of likely N-dealkylation sites (N-methyl/N-ethyl adjacent to an activating group) is 1. The number of anilines is 1. The van der Waals surface area contributed by atoms with E-state index in [4.69, 9.17) is 5.73 Å². The highest BCUT2D eigenvalue weighted by molar-refractivity contribution is 5.30. The van der Waals surface area contributed by atoms with Gasteiger partial charge in [0.25, 0.3) is 0 Å². The number of nitrogen functional groups attached to an aromatic ring is 1. The van der Waals surface area contributed by atoms with Gasteiger partial charge in [-0.2, -0.15) is 5.10 Å². The van der Waals surface area contributed by atoms with Crippen LogP contribution in [0.5, 0.6) is 0 Å². The van der Waals surface area contributed by atoms with Crippen molar-refractivity contribution in [1.82, 2.24) is 14.7 Å². The molecule has 0 radical (unpaired) electrons. The first kappa shape index (κ1) is 12.0. The average molecular weight is 210 g/mol. The molecule has 0 aromatic carbocycles. The molecule has 0 bridgehead atoms. The fourth-order valence-corrected chi connectivity index (χ4v) is 1.53. The molecule has 2 N–H and O–H groups in total. The molecule has 1 unspecified atom stereocenters. The van der Waals surface area contributed by atoms with E-state index < -0.39 is 0 Å². The third kappa shape index (κ3) is 4.34. The largest absolute Gasteiger partial charge is 0.396 e. The van der Waals surface area contributed by atoms with Crippen molar-refractivity contribution >= 4 is 5.69 Å². The van der Waals surface area contributed by atoms with Crippen LogP contribution in [0.2, 0.25) is 0 Å². The maximum absolute atomic E-state index is 5.59. The second-order valence-electron chi connectivity index (χ2n) is 4.31. The van der Waals surface area contributed by atoms with Gasteiger partial charge < -0.3 is 10.6 Å². The first-order chi connectivity index (χ1) is 7.11. The lowest BCUT2D eigenvalue weighted by Gasteiger charge is -2.20. The van der Waals surface area contributed by atoms with Crippen molar-refractivity contribution in [2.45, 2.75) is 26.8 Å². The van der Waals surface area contributed by atoms with Crippen LogP contribution in [0.1, 0.15) is 20.3 Å². The van der Waals surface area contributed by atoms with Crippen LogP contribution in [0, 0.1) is 5.92 Å². The normalized spacial score (nSPS) is 13.3. The Morgan fingerprint density at radius 3 is 2.87 bits per heavy atom. The van der Waals surface area contributed by atoms with Crippen LogP contribution < -0.4 is 5.73 Å². The molecule has 0 aliphatic carbocycles. The predicted molar refractivity (Wildman–Crippen MR) is 63.6 cm³/mol. The third-order valence-electron chi connectivity index (χ3n) is 2.68. The summed E-state index contributed by atoms with van der Waals surface area (Å²) in [6.45, 7) is 7.58. The smallest absolute Gasteiger partial charge is 0.0719 e. The summed E-state index contributed by atoms with van der Waals surface area (Å²) in [6.07, 6.45) is 4.80. The fourth-order valence-electron chi connectivity index (χ4n) is 1.53. The summed E-state index contributed by atoms with van der Waals surface area (Å²) in [5, 5.41) is 4.15. The molecule has 0 fully saturated rings. The molecular weight excluding hydrogens is 188 g/mol. The Morgan fingerprint density at radius 2 is 2.33 bits per heavy atom. The molecule has 1 atom stereocenters. The molecule has 0 aliphatic heterocycles. The Labute approximate surface area is 92.1 Å². The first-order valence-electron chi connectivity index (χ1n) is 5.58. The quantitative estimate of drug-likeness (QED) is 0.773. The molecule has 0 spiro atoms. The Balaban J connectivity index is 2.25. The second-order valence-corrected chi connectivity index (χ2v) is 4.31. The predicted octanol–water partition coefficient (Wildman–Crippen LogP) is 1.44. The summed E-state index contributed by atoms with van der Waals surface area (Å²) in [6, 6.07) is 0. The van der Waals surface area contributed by atoms with E-state index in [9.17, 15) is 0 Å². The molecule has 1 aromatic heterocycles. The van der Waals surface area contributed by atoms with E-state index in [1.165, 1.54) is 6.42 Å². The summed E-state index contributed by atoms with van der Waals surface area (Å²) in [7, 11) is 2.15. The zero-order valence-electron chi connectivity index (χ0n) is 9.98. The summed E-state index contributed by atoms with van der Waals surface area (Å²) in [5.41, 5.74) is 6.33. The molecule has 1 aromatic rings. The van der Waals surface area contributed by atoms with Gasteiger partial charge in [-0.3, -0.25) is 4.68 Å². The number of nitrogens with two attached hydrogens (primary N) is 1. The van der Waals surface area contributed by atoms with E-state index in [2.05, 4.69) is 30.9 Å². The highest BCUT2D eigenvalue weighted by Crippen LogP contribution is 2.03. The minimum absolute atomic E-state index is 0.736. The van der Waals surface area contributed by atoms with Gasteiger partial charge in [0.15, 0.2) is 0 Å². The molecular formula is C11H22N4. The number of nitrogens with zero attached hydrogens (tertiary/aromatic N) is 3. The Kier molecular flexibility index (Phi) is 4.62. The summed E-state index contributed by atoms with van der Waals surface area (Å²) in [5.74, 6) is 0.762. The molecule has 0 saturated heterocycles. The van der Waals surface area contributed by atoms with Crippen LogP contribution in [0.25, 0.3) is 0 Å². The van der Waals surface area contributed by atoms with E-state index >= 15 is 0 Å². The fraction of sp³-hybridized carbons (Fsp3) is 0.727. The van der Waals surface area contributed by atoms with Crippen molar-refractivity contribution in [1.29, 1.82) is 0 Å². The maximum Gasteiger partial charge on any atom is 0.0719 e. The molecule has 4 heteroatoms. The zero-order valence-corrected chi connectivity index (χ0v) is 9.98. The molecule has 0 amide bonds.